The van der Waals surface area contributed by atoms with Crippen molar-refractivity contribution in [3.05, 3.63) is 65.2 Å². The average molecular weight is 321 g/mol. The number of carbonyl (C=O) groups excluding carboxylic acids is 1. The first kappa shape index (κ1) is 16.5. The van der Waals surface area contributed by atoms with Gasteiger partial charge in [-0.15, -0.1) is 0 Å². The molecule has 4 nitrogen and oxygen atoms in total. The zero-order chi connectivity index (χ0) is 16.9. The number of rotatable bonds is 3. The maximum Gasteiger partial charge on any atom is 0.416 e. The molecule has 0 radical (unpaired) electrons. The number of amides is 2. The van der Waals surface area contributed by atoms with Crippen LogP contribution in [0, 0.1) is 6.92 Å². The van der Waals surface area contributed by atoms with Gasteiger partial charge in [-0.3, -0.25) is 0 Å². The topological polar surface area (TPSA) is 53.5 Å². The molecule has 0 aliphatic rings. The van der Waals surface area contributed by atoms with Crippen molar-refractivity contribution in [3.63, 3.8) is 0 Å². The molecular weight excluding hydrogens is 307 g/mol. The molecular formula is C16H14F3N3O. The van der Waals surface area contributed by atoms with E-state index in [4.69, 9.17) is 0 Å². The Labute approximate surface area is 131 Å². The molecule has 0 saturated heterocycles. The number of carbonyl (C=O) groups is 1. The molecule has 0 fully saturated rings. The number of halogens is 3. The second-order valence-electron chi connectivity index (χ2n) is 4.76. The van der Waals surface area contributed by atoms with E-state index < -0.39 is 17.8 Å². The molecule has 0 aliphatic carbocycles. The lowest BCUT2D eigenvalue weighted by Gasteiger charge is -2.07. The van der Waals surface area contributed by atoms with Crippen molar-refractivity contribution in [2.75, 3.05) is 5.32 Å². The fourth-order valence-electron chi connectivity index (χ4n) is 1.79. The lowest BCUT2D eigenvalue weighted by atomic mass is 10.1. The number of hydrogen-bond donors (Lipinski definition) is 2. The fraction of sp³-hybridized carbons (Fsp3) is 0.125. The molecule has 2 rings (SSSR count). The molecule has 2 aromatic rings. The van der Waals surface area contributed by atoms with Gasteiger partial charge in [-0.25, -0.2) is 10.2 Å². The molecule has 0 heterocycles. The summed E-state index contributed by atoms with van der Waals surface area (Å²) in [5.74, 6) is 0. The summed E-state index contributed by atoms with van der Waals surface area (Å²) in [5, 5.41) is 6.30. The molecule has 0 atom stereocenters. The van der Waals surface area contributed by atoms with Crippen LogP contribution in [0.5, 0.6) is 0 Å². The number of para-hydroxylation sites is 1. The van der Waals surface area contributed by atoms with Gasteiger partial charge in [-0.05, 0) is 36.2 Å². The van der Waals surface area contributed by atoms with Gasteiger partial charge in [0.15, 0.2) is 0 Å². The SMILES string of the molecule is Cc1ccccc1NC(=O)N/N=C\c1ccc(C(F)(F)F)cc1. The van der Waals surface area contributed by atoms with Gasteiger partial charge in [-0.1, -0.05) is 30.3 Å². The van der Waals surface area contributed by atoms with Gasteiger partial charge in [-0.2, -0.15) is 18.3 Å². The van der Waals surface area contributed by atoms with Crippen molar-refractivity contribution in [1.82, 2.24) is 5.43 Å². The Hall–Kier alpha value is -2.83. The lowest BCUT2D eigenvalue weighted by molar-refractivity contribution is -0.137. The van der Waals surface area contributed by atoms with E-state index in [1.807, 2.05) is 19.1 Å². The van der Waals surface area contributed by atoms with Gasteiger partial charge in [0.1, 0.15) is 0 Å². The van der Waals surface area contributed by atoms with Crippen LogP contribution in [-0.4, -0.2) is 12.2 Å². The van der Waals surface area contributed by atoms with Crippen LogP contribution < -0.4 is 10.7 Å². The second kappa shape index (κ2) is 6.95. The summed E-state index contributed by atoms with van der Waals surface area (Å²) in [4.78, 5) is 11.7. The zero-order valence-electron chi connectivity index (χ0n) is 12.2. The monoisotopic (exact) mass is 321 g/mol. The van der Waals surface area contributed by atoms with E-state index in [9.17, 15) is 18.0 Å². The summed E-state index contributed by atoms with van der Waals surface area (Å²) in [5.41, 5.74) is 3.50. The molecule has 0 aliphatic heterocycles. The van der Waals surface area contributed by atoms with E-state index in [0.717, 1.165) is 17.7 Å². The molecule has 0 aromatic heterocycles. The van der Waals surface area contributed by atoms with Crippen molar-refractivity contribution in [1.29, 1.82) is 0 Å². The summed E-state index contributed by atoms with van der Waals surface area (Å²) in [6, 6.07) is 11.1. The molecule has 0 saturated carbocycles. The maximum atomic E-state index is 12.4. The highest BCUT2D eigenvalue weighted by molar-refractivity contribution is 5.91. The van der Waals surface area contributed by atoms with Gasteiger partial charge in [0.2, 0.25) is 0 Å². The number of nitrogens with zero attached hydrogens (tertiary/aromatic N) is 1. The Balaban J connectivity index is 1.91. The maximum absolute atomic E-state index is 12.4. The number of hydrazone groups is 1. The number of nitrogens with one attached hydrogen (secondary N) is 2. The van der Waals surface area contributed by atoms with Crippen molar-refractivity contribution in [2.24, 2.45) is 5.10 Å². The standard InChI is InChI=1S/C16H14F3N3O/c1-11-4-2-3-5-14(11)21-15(23)22-20-10-12-6-8-13(9-7-12)16(17,18)19/h2-10H,1H3,(H2,21,22,23)/b20-10-. The Morgan fingerprint density at radius 1 is 1.09 bits per heavy atom. The average Bonchev–Trinajstić information content (AvgIpc) is 2.49. The summed E-state index contributed by atoms with van der Waals surface area (Å²) in [6.07, 6.45) is -3.11. The lowest BCUT2D eigenvalue weighted by Crippen LogP contribution is -2.24. The third-order valence-corrected chi connectivity index (χ3v) is 3.01. The van der Waals surface area contributed by atoms with E-state index in [0.29, 0.717) is 11.3 Å². The molecule has 2 amide bonds. The van der Waals surface area contributed by atoms with Crippen molar-refractivity contribution < 1.29 is 18.0 Å². The summed E-state index contributed by atoms with van der Waals surface area (Å²) in [7, 11) is 0. The molecule has 0 unspecified atom stereocenters. The Morgan fingerprint density at radius 2 is 1.74 bits per heavy atom. The molecule has 23 heavy (non-hydrogen) atoms. The normalized spacial score (nSPS) is 11.5. The Morgan fingerprint density at radius 3 is 2.35 bits per heavy atom. The summed E-state index contributed by atoms with van der Waals surface area (Å²) >= 11 is 0. The molecule has 2 N–H and O–H groups in total. The van der Waals surface area contributed by atoms with Crippen molar-refractivity contribution >= 4 is 17.9 Å². The predicted molar refractivity (Wildman–Crippen MR) is 82.4 cm³/mol. The van der Waals surface area contributed by atoms with Crippen LogP contribution in [0.1, 0.15) is 16.7 Å². The van der Waals surface area contributed by atoms with Crippen LogP contribution >= 0.6 is 0 Å². The quantitative estimate of drug-likeness (QED) is 0.647. The van der Waals surface area contributed by atoms with Crippen LogP contribution in [0.15, 0.2) is 53.6 Å². The number of alkyl halides is 3. The first-order chi connectivity index (χ1) is 10.9. The van der Waals surface area contributed by atoms with Crippen LogP contribution in [-0.2, 0) is 6.18 Å². The second-order valence-corrected chi connectivity index (χ2v) is 4.76. The minimum atomic E-state index is -4.37. The van der Waals surface area contributed by atoms with Crippen LogP contribution in [0.25, 0.3) is 0 Å². The number of anilines is 1. The van der Waals surface area contributed by atoms with E-state index in [-0.39, 0.29) is 0 Å². The third kappa shape index (κ3) is 4.84. The van der Waals surface area contributed by atoms with Crippen LogP contribution in [0.2, 0.25) is 0 Å². The van der Waals surface area contributed by atoms with E-state index in [1.165, 1.54) is 18.3 Å². The van der Waals surface area contributed by atoms with Crippen molar-refractivity contribution in [2.45, 2.75) is 13.1 Å². The highest BCUT2D eigenvalue weighted by atomic mass is 19.4. The zero-order valence-corrected chi connectivity index (χ0v) is 12.2. The van der Waals surface area contributed by atoms with Gasteiger partial charge in [0.25, 0.3) is 0 Å². The van der Waals surface area contributed by atoms with E-state index in [2.05, 4.69) is 15.8 Å². The minimum Gasteiger partial charge on any atom is -0.306 e. The Bertz CT molecular complexity index is 709. The minimum absolute atomic E-state index is 0.439. The van der Waals surface area contributed by atoms with Crippen molar-refractivity contribution in [3.8, 4) is 0 Å². The molecule has 120 valence electrons. The van der Waals surface area contributed by atoms with Gasteiger partial charge >= 0.3 is 12.2 Å². The van der Waals surface area contributed by atoms with Gasteiger partial charge in [0, 0.05) is 5.69 Å². The fourth-order valence-corrected chi connectivity index (χ4v) is 1.79. The third-order valence-electron chi connectivity index (χ3n) is 3.01. The smallest absolute Gasteiger partial charge is 0.306 e. The number of benzene rings is 2. The van der Waals surface area contributed by atoms with Gasteiger partial charge < -0.3 is 5.32 Å². The summed E-state index contributed by atoms with van der Waals surface area (Å²) in [6.45, 7) is 1.85. The molecule has 0 bridgehead atoms. The number of hydrogen-bond acceptors (Lipinski definition) is 2. The molecule has 2 aromatic carbocycles. The molecule has 7 heteroatoms. The largest absolute Gasteiger partial charge is 0.416 e. The van der Waals surface area contributed by atoms with Crippen LogP contribution in [0.4, 0.5) is 23.7 Å². The predicted octanol–water partition coefficient (Wildman–Crippen LogP) is 4.17. The highest BCUT2D eigenvalue weighted by Crippen LogP contribution is 2.28. The first-order valence-electron chi connectivity index (χ1n) is 6.69. The van der Waals surface area contributed by atoms with Crippen LogP contribution in [0.3, 0.4) is 0 Å². The van der Waals surface area contributed by atoms with E-state index >= 15 is 0 Å². The molecule has 0 spiro atoms. The number of urea groups is 1. The highest BCUT2D eigenvalue weighted by Gasteiger charge is 2.29. The summed E-state index contributed by atoms with van der Waals surface area (Å²) < 4.78 is 37.3. The number of aryl methyl sites for hydroxylation is 1. The first-order valence-corrected chi connectivity index (χ1v) is 6.69. The van der Waals surface area contributed by atoms with Gasteiger partial charge in [0.05, 0.1) is 11.8 Å². The van der Waals surface area contributed by atoms with E-state index in [1.54, 1.807) is 12.1 Å². The Kier molecular flexibility index (Phi) is 5.00.